The van der Waals surface area contributed by atoms with Gasteiger partial charge in [0.15, 0.2) is 0 Å². The van der Waals surface area contributed by atoms with Crippen molar-refractivity contribution in [3.05, 3.63) is 131 Å². The van der Waals surface area contributed by atoms with Gasteiger partial charge in [-0.2, -0.15) is 21.6 Å². The predicted molar refractivity (Wildman–Crippen MR) is 168 cm³/mol. The van der Waals surface area contributed by atoms with Crippen LogP contribution in [0.2, 0.25) is 5.02 Å². The number of anilines is 1. The van der Waals surface area contributed by atoms with E-state index in [0.717, 1.165) is 33.1 Å². The molecule has 1 aromatic heterocycles. The van der Waals surface area contributed by atoms with E-state index in [0.29, 0.717) is 39.9 Å². The summed E-state index contributed by atoms with van der Waals surface area (Å²) in [4.78, 5) is 16.4. The van der Waals surface area contributed by atoms with Gasteiger partial charge < -0.3 is 4.57 Å². The molecular weight excluding hydrogens is 625 g/mol. The number of benzene rings is 4. The zero-order valence-electron chi connectivity index (χ0n) is 23.4. The van der Waals surface area contributed by atoms with E-state index in [2.05, 4.69) is 0 Å². The van der Waals surface area contributed by atoms with Crippen LogP contribution in [0.25, 0.3) is 34.5 Å². The van der Waals surface area contributed by atoms with Crippen LogP contribution in [-0.4, -0.2) is 30.4 Å². The van der Waals surface area contributed by atoms with Crippen molar-refractivity contribution in [3.8, 4) is 22.4 Å². The van der Waals surface area contributed by atoms with E-state index in [4.69, 9.17) is 16.6 Å². The van der Waals surface area contributed by atoms with Gasteiger partial charge in [0.2, 0.25) is 0 Å². The molecule has 5 aromatic rings. The number of aromatic nitrogens is 2. The summed E-state index contributed by atoms with van der Waals surface area (Å²) in [7, 11) is -3.91. The first-order valence-electron chi connectivity index (χ1n) is 13.7. The Morgan fingerprint density at radius 2 is 1.62 bits per heavy atom. The van der Waals surface area contributed by atoms with Crippen molar-refractivity contribution < 1.29 is 26.4 Å². The molecule has 0 unspecified atom stereocenters. The third kappa shape index (κ3) is 6.64. The lowest BCUT2D eigenvalue weighted by Gasteiger charge is -2.15. The average Bonchev–Trinajstić information content (AvgIpc) is 3.54. The first kappa shape index (κ1) is 30.2. The van der Waals surface area contributed by atoms with Gasteiger partial charge in [0.25, 0.3) is 5.91 Å². The topological polar surface area (TPSA) is 84.3 Å². The smallest absolute Gasteiger partial charge is 0.326 e. The second kappa shape index (κ2) is 11.9. The van der Waals surface area contributed by atoms with E-state index in [1.165, 1.54) is 6.07 Å². The minimum absolute atomic E-state index is 0.278. The van der Waals surface area contributed by atoms with Crippen LogP contribution in [0.5, 0.6) is 0 Å². The van der Waals surface area contributed by atoms with Crippen LogP contribution >= 0.6 is 11.6 Å². The third-order valence-electron chi connectivity index (χ3n) is 7.21. The van der Waals surface area contributed by atoms with Gasteiger partial charge in [-0.05, 0) is 58.7 Å². The predicted octanol–water partition coefficient (Wildman–Crippen LogP) is 7.29. The van der Waals surface area contributed by atoms with E-state index in [1.54, 1.807) is 48.5 Å². The van der Waals surface area contributed by atoms with Gasteiger partial charge in [0.05, 0.1) is 22.0 Å². The fourth-order valence-corrected chi connectivity index (χ4v) is 6.34. The molecule has 1 aliphatic heterocycles. The largest absolute Gasteiger partial charge is 0.416 e. The monoisotopic (exact) mass is 648 g/mol. The van der Waals surface area contributed by atoms with Crippen LogP contribution in [0, 0.1) is 0 Å². The van der Waals surface area contributed by atoms with Crippen molar-refractivity contribution in [3.63, 3.8) is 0 Å². The lowest BCUT2D eigenvalue weighted by Crippen LogP contribution is -2.29. The minimum Gasteiger partial charge on any atom is -0.326 e. The summed E-state index contributed by atoms with van der Waals surface area (Å²) in [5.41, 5.74) is 3.88. The molecule has 228 valence electrons. The molecule has 0 bridgehead atoms. The van der Waals surface area contributed by atoms with Gasteiger partial charge in [-0.25, -0.2) is 14.0 Å². The van der Waals surface area contributed by atoms with Crippen molar-refractivity contribution in [1.82, 2.24) is 14.3 Å². The highest BCUT2D eigenvalue weighted by atomic mass is 35.5. The highest BCUT2D eigenvalue weighted by Crippen LogP contribution is 2.33. The van der Waals surface area contributed by atoms with Gasteiger partial charge >= 0.3 is 16.4 Å². The number of hydrogen-bond acceptors (Lipinski definition) is 4. The molecule has 7 nitrogen and oxygen atoms in total. The Hall–Kier alpha value is -4.87. The molecule has 4 aromatic carbocycles. The Balaban J connectivity index is 1.27. The minimum atomic E-state index is -4.42. The number of rotatable bonds is 7. The summed E-state index contributed by atoms with van der Waals surface area (Å²) in [6, 6.07) is 26.6. The van der Waals surface area contributed by atoms with Crippen LogP contribution in [-0.2, 0) is 27.7 Å². The summed E-state index contributed by atoms with van der Waals surface area (Å²) in [5.74, 6) is 0.0270. The molecule has 12 heteroatoms. The van der Waals surface area contributed by atoms with E-state index >= 15 is 0 Å². The zero-order chi connectivity index (χ0) is 31.8. The second-order valence-electron chi connectivity index (χ2n) is 10.3. The molecule has 2 heterocycles. The van der Waals surface area contributed by atoms with Gasteiger partial charge in [-0.3, -0.25) is 4.79 Å². The first-order chi connectivity index (χ1) is 21.5. The SMILES string of the molecule is O=C1CN(c2ccc(Cn3cc(-c4ccccc4Cl)nc3/C=C/c3ccc(-c4cccc(C(F)(F)F)c4)cc3)cc2)S(=O)(=O)N1. The molecule has 45 heavy (non-hydrogen) atoms. The van der Waals surface area contributed by atoms with Crippen LogP contribution in [0.15, 0.2) is 103 Å². The highest BCUT2D eigenvalue weighted by Gasteiger charge is 2.34. The van der Waals surface area contributed by atoms with Gasteiger partial charge in [0, 0.05) is 18.3 Å². The summed E-state index contributed by atoms with van der Waals surface area (Å²) >= 11 is 6.45. The quantitative estimate of drug-likeness (QED) is 0.201. The number of nitrogens with zero attached hydrogens (tertiary/aromatic N) is 3. The molecular formula is C33H24ClF3N4O3S. The van der Waals surface area contributed by atoms with Crippen LogP contribution in [0.4, 0.5) is 18.9 Å². The number of nitrogens with one attached hydrogen (secondary N) is 1. The molecule has 1 amide bonds. The van der Waals surface area contributed by atoms with Gasteiger partial charge in [-0.15, -0.1) is 0 Å². The zero-order valence-corrected chi connectivity index (χ0v) is 24.9. The van der Waals surface area contributed by atoms with Gasteiger partial charge in [-0.1, -0.05) is 84.4 Å². The fraction of sp³-hybridized carbons (Fsp3) is 0.0909. The van der Waals surface area contributed by atoms with Crippen LogP contribution in [0.1, 0.15) is 22.5 Å². The Morgan fingerprint density at radius 1 is 0.889 bits per heavy atom. The number of alkyl halides is 3. The lowest BCUT2D eigenvalue weighted by atomic mass is 10.0. The molecule has 6 rings (SSSR count). The molecule has 0 radical (unpaired) electrons. The summed E-state index contributed by atoms with van der Waals surface area (Å²) < 4.78 is 68.8. The maximum Gasteiger partial charge on any atom is 0.416 e. The maximum absolute atomic E-state index is 13.2. The molecule has 0 aliphatic carbocycles. The molecule has 1 fully saturated rings. The Kier molecular flexibility index (Phi) is 7.98. The van der Waals surface area contributed by atoms with Crippen molar-refractivity contribution >= 4 is 45.6 Å². The van der Waals surface area contributed by atoms with E-state index < -0.39 is 27.9 Å². The number of carbonyl (C=O) groups excluding carboxylic acids is 1. The summed E-state index contributed by atoms with van der Waals surface area (Å²) in [6.45, 7) is 0.121. The van der Waals surface area contributed by atoms with Crippen molar-refractivity contribution in [2.45, 2.75) is 12.7 Å². The number of amides is 1. The average molecular weight is 649 g/mol. The Labute approximate surface area is 262 Å². The normalized spacial score (nSPS) is 14.7. The van der Waals surface area contributed by atoms with E-state index in [9.17, 15) is 26.4 Å². The van der Waals surface area contributed by atoms with Gasteiger partial charge in [0.1, 0.15) is 12.4 Å². The molecule has 1 aliphatic rings. The second-order valence-corrected chi connectivity index (χ2v) is 12.3. The third-order valence-corrected chi connectivity index (χ3v) is 8.95. The number of imidazole rings is 1. The van der Waals surface area contributed by atoms with Crippen molar-refractivity contribution in [1.29, 1.82) is 0 Å². The highest BCUT2D eigenvalue weighted by molar-refractivity contribution is 7.92. The molecule has 1 saturated heterocycles. The summed E-state index contributed by atoms with van der Waals surface area (Å²) in [5, 5.41) is 0.544. The molecule has 0 atom stereocenters. The Bertz CT molecular complexity index is 2020. The van der Waals surface area contributed by atoms with Crippen LogP contribution in [0.3, 0.4) is 0 Å². The van der Waals surface area contributed by atoms with Crippen molar-refractivity contribution in [2.75, 3.05) is 10.8 Å². The van der Waals surface area contributed by atoms with E-state index in [1.807, 2.05) is 58.0 Å². The lowest BCUT2D eigenvalue weighted by molar-refractivity contribution is -0.137. The number of halogens is 4. The van der Waals surface area contributed by atoms with E-state index in [-0.39, 0.29) is 6.54 Å². The standard InChI is InChI=1S/C33H24ClF3N4O3S/c34-29-7-2-1-6-28(29)30-20-40(19-23-10-15-27(16-11-23)41-21-32(42)39-45(41,43)44)31(38-30)17-12-22-8-13-24(14-9-22)25-4-3-5-26(18-25)33(35,36)37/h1-18,20H,19,21H2,(H,39,42)/b17-12+. The number of hydrogen-bond donors (Lipinski definition) is 1. The molecule has 1 N–H and O–H groups in total. The van der Waals surface area contributed by atoms with Crippen LogP contribution < -0.4 is 9.03 Å². The first-order valence-corrected chi connectivity index (χ1v) is 15.5. The summed E-state index contributed by atoms with van der Waals surface area (Å²) in [6.07, 6.45) is 1.15. The fourth-order valence-electron chi connectivity index (χ4n) is 4.96. The molecule has 0 spiro atoms. The Morgan fingerprint density at radius 3 is 2.29 bits per heavy atom. The van der Waals surface area contributed by atoms with Crippen molar-refractivity contribution in [2.24, 2.45) is 0 Å². The maximum atomic E-state index is 13.2. The number of carbonyl (C=O) groups is 1. The molecule has 0 saturated carbocycles.